The van der Waals surface area contributed by atoms with Crippen LogP contribution in [0.5, 0.6) is 5.75 Å². The van der Waals surface area contributed by atoms with E-state index in [1.165, 1.54) is 23.0 Å². The average molecular weight is 271 g/mol. The summed E-state index contributed by atoms with van der Waals surface area (Å²) >= 11 is 0. The lowest BCUT2D eigenvalue weighted by Crippen LogP contribution is -2.13. The van der Waals surface area contributed by atoms with Crippen molar-refractivity contribution in [3.8, 4) is 11.4 Å². The van der Waals surface area contributed by atoms with E-state index < -0.39 is 11.7 Å². The quantitative estimate of drug-likeness (QED) is 0.868. The zero-order valence-corrected chi connectivity index (χ0v) is 10.1. The molecule has 1 heterocycles. The largest absolute Gasteiger partial charge is 0.475 e. The number of hydrogen-bond acceptors (Lipinski definition) is 3. The Morgan fingerprint density at radius 3 is 2.53 bits per heavy atom. The molecule has 102 valence electrons. The second-order valence-electron chi connectivity index (χ2n) is 3.81. The van der Waals surface area contributed by atoms with Crippen molar-refractivity contribution in [1.82, 2.24) is 15.1 Å². The summed E-state index contributed by atoms with van der Waals surface area (Å²) in [5, 5.41) is 6.82. The number of alkyl halides is 3. The first-order chi connectivity index (χ1) is 9.00. The first-order valence-electron chi connectivity index (χ1n) is 5.50. The van der Waals surface area contributed by atoms with Gasteiger partial charge in [0.1, 0.15) is 6.73 Å². The maximum Gasteiger partial charge on any atom is 0.416 e. The second-order valence-corrected chi connectivity index (χ2v) is 3.81. The number of ether oxygens (including phenoxy) is 1. The Labute approximate surface area is 107 Å². The van der Waals surface area contributed by atoms with Crippen LogP contribution in [-0.4, -0.2) is 23.6 Å². The number of rotatable bonds is 4. The maximum absolute atomic E-state index is 12.4. The fourth-order valence-corrected chi connectivity index (χ4v) is 1.48. The smallest absolute Gasteiger partial charge is 0.416 e. The molecule has 1 N–H and O–H groups in total. The highest BCUT2D eigenvalue weighted by atomic mass is 19.4. The molecule has 0 bridgehead atoms. The lowest BCUT2D eigenvalue weighted by atomic mass is 10.2. The Kier molecular flexibility index (Phi) is 3.75. The third-order valence-corrected chi connectivity index (χ3v) is 2.40. The first-order valence-corrected chi connectivity index (χ1v) is 5.50. The molecule has 4 nitrogen and oxygen atoms in total. The van der Waals surface area contributed by atoms with Crippen molar-refractivity contribution < 1.29 is 17.9 Å². The molecule has 19 heavy (non-hydrogen) atoms. The molecule has 0 amide bonds. The summed E-state index contributed by atoms with van der Waals surface area (Å²) in [4.78, 5) is 0. The van der Waals surface area contributed by atoms with E-state index in [9.17, 15) is 13.2 Å². The van der Waals surface area contributed by atoms with E-state index >= 15 is 0 Å². The molecular weight excluding hydrogens is 259 g/mol. The van der Waals surface area contributed by atoms with Gasteiger partial charge in [-0.2, -0.15) is 18.3 Å². The fraction of sp³-hybridized carbons (Fsp3) is 0.250. The normalized spacial score (nSPS) is 11.6. The van der Waals surface area contributed by atoms with Gasteiger partial charge in [-0.1, -0.05) is 0 Å². The van der Waals surface area contributed by atoms with Gasteiger partial charge in [0.05, 0.1) is 23.6 Å². The SMILES string of the molecule is CNCOc1cnn(-c2ccc(C(F)(F)F)cc2)c1. The van der Waals surface area contributed by atoms with E-state index in [4.69, 9.17) is 4.74 Å². The predicted molar refractivity (Wildman–Crippen MR) is 63.1 cm³/mol. The molecule has 0 fully saturated rings. The maximum atomic E-state index is 12.4. The molecule has 0 aliphatic heterocycles. The molecule has 0 saturated carbocycles. The summed E-state index contributed by atoms with van der Waals surface area (Å²) in [6.45, 7) is 0.332. The van der Waals surface area contributed by atoms with Crippen molar-refractivity contribution in [2.75, 3.05) is 13.8 Å². The van der Waals surface area contributed by atoms with Crippen LogP contribution < -0.4 is 10.1 Å². The second kappa shape index (κ2) is 5.31. The van der Waals surface area contributed by atoms with Crippen molar-refractivity contribution in [3.05, 3.63) is 42.2 Å². The minimum absolute atomic E-state index is 0.332. The Balaban J connectivity index is 2.16. The number of nitrogens with one attached hydrogen (secondary N) is 1. The van der Waals surface area contributed by atoms with Crippen LogP contribution in [0.25, 0.3) is 5.69 Å². The molecule has 0 aliphatic carbocycles. The van der Waals surface area contributed by atoms with Crippen LogP contribution in [0.2, 0.25) is 0 Å². The highest BCUT2D eigenvalue weighted by Gasteiger charge is 2.29. The summed E-state index contributed by atoms with van der Waals surface area (Å²) in [6.07, 6.45) is -1.24. The molecule has 7 heteroatoms. The van der Waals surface area contributed by atoms with Gasteiger partial charge < -0.3 is 4.74 Å². The minimum Gasteiger partial charge on any atom is -0.475 e. The highest BCUT2D eigenvalue weighted by molar-refractivity contribution is 5.36. The summed E-state index contributed by atoms with van der Waals surface area (Å²) in [5.74, 6) is 0.536. The van der Waals surface area contributed by atoms with Crippen LogP contribution in [0.3, 0.4) is 0 Å². The third kappa shape index (κ3) is 3.25. The van der Waals surface area contributed by atoms with Crippen molar-refractivity contribution in [2.45, 2.75) is 6.18 Å². The monoisotopic (exact) mass is 271 g/mol. The zero-order chi connectivity index (χ0) is 13.9. The van der Waals surface area contributed by atoms with Crippen LogP contribution >= 0.6 is 0 Å². The molecule has 2 aromatic rings. The summed E-state index contributed by atoms with van der Waals surface area (Å²) in [5.41, 5.74) is -0.151. The zero-order valence-electron chi connectivity index (χ0n) is 10.1. The molecule has 0 unspecified atom stereocenters. The average Bonchev–Trinajstić information content (AvgIpc) is 2.84. The van der Waals surface area contributed by atoms with E-state index in [1.807, 2.05) is 0 Å². The van der Waals surface area contributed by atoms with Gasteiger partial charge in [0.15, 0.2) is 5.75 Å². The van der Waals surface area contributed by atoms with Crippen LogP contribution in [0, 0.1) is 0 Å². The number of benzene rings is 1. The molecule has 1 aromatic carbocycles. The Morgan fingerprint density at radius 1 is 1.26 bits per heavy atom. The third-order valence-electron chi connectivity index (χ3n) is 2.40. The topological polar surface area (TPSA) is 39.1 Å². The van der Waals surface area contributed by atoms with Crippen LogP contribution in [0.4, 0.5) is 13.2 Å². The number of hydrogen-bond donors (Lipinski definition) is 1. The van der Waals surface area contributed by atoms with Crippen LogP contribution in [0.15, 0.2) is 36.7 Å². The van der Waals surface area contributed by atoms with Gasteiger partial charge >= 0.3 is 6.18 Å². The van der Waals surface area contributed by atoms with E-state index in [1.54, 1.807) is 13.2 Å². The van der Waals surface area contributed by atoms with Gasteiger partial charge in [0.25, 0.3) is 0 Å². The van der Waals surface area contributed by atoms with Crippen molar-refractivity contribution in [1.29, 1.82) is 0 Å². The van der Waals surface area contributed by atoms with Crippen molar-refractivity contribution in [3.63, 3.8) is 0 Å². The summed E-state index contributed by atoms with van der Waals surface area (Å²) < 4.78 is 44.0. The van der Waals surface area contributed by atoms with E-state index in [0.29, 0.717) is 18.2 Å². The molecule has 0 radical (unpaired) electrons. The Bertz CT molecular complexity index is 534. The molecule has 1 aromatic heterocycles. The number of aromatic nitrogens is 2. The van der Waals surface area contributed by atoms with Gasteiger partial charge in [-0.25, -0.2) is 4.68 Å². The Morgan fingerprint density at radius 2 is 1.95 bits per heavy atom. The molecular formula is C12H12F3N3O. The van der Waals surface area contributed by atoms with Gasteiger partial charge in [-0.05, 0) is 31.3 Å². The first kappa shape index (κ1) is 13.4. The van der Waals surface area contributed by atoms with Crippen LogP contribution in [0.1, 0.15) is 5.56 Å². The molecule has 0 aliphatic rings. The molecule has 0 atom stereocenters. The van der Waals surface area contributed by atoms with Crippen LogP contribution in [-0.2, 0) is 6.18 Å². The van der Waals surface area contributed by atoms with E-state index in [-0.39, 0.29) is 0 Å². The highest BCUT2D eigenvalue weighted by Crippen LogP contribution is 2.29. The summed E-state index contributed by atoms with van der Waals surface area (Å²) in [6, 6.07) is 4.76. The van der Waals surface area contributed by atoms with Gasteiger partial charge in [-0.15, -0.1) is 0 Å². The number of halogens is 3. The van der Waals surface area contributed by atoms with E-state index in [0.717, 1.165) is 12.1 Å². The molecule has 0 spiro atoms. The number of nitrogens with zero attached hydrogens (tertiary/aromatic N) is 2. The van der Waals surface area contributed by atoms with Gasteiger partial charge in [0, 0.05) is 0 Å². The standard InChI is InChI=1S/C12H12F3N3O/c1-16-8-19-11-6-17-18(7-11)10-4-2-9(3-5-10)12(13,14)15/h2-7,16H,8H2,1H3. The summed E-state index contributed by atoms with van der Waals surface area (Å²) in [7, 11) is 1.74. The lowest BCUT2D eigenvalue weighted by Gasteiger charge is -2.07. The Hall–Kier alpha value is -2.02. The molecule has 0 saturated heterocycles. The molecule has 2 rings (SSSR count). The fourth-order valence-electron chi connectivity index (χ4n) is 1.48. The van der Waals surface area contributed by atoms with E-state index in [2.05, 4.69) is 10.4 Å². The van der Waals surface area contributed by atoms with Gasteiger partial charge in [-0.3, -0.25) is 5.32 Å². The predicted octanol–water partition coefficient (Wildman–Crippen LogP) is 2.45. The minimum atomic E-state index is -4.33. The lowest BCUT2D eigenvalue weighted by molar-refractivity contribution is -0.137. The van der Waals surface area contributed by atoms with Crippen molar-refractivity contribution >= 4 is 0 Å². The van der Waals surface area contributed by atoms with Crippen molar-refractivity contribution in [2.24, 2.45) is 0 Å². The van der Waals surface area contributed by atoms with Gasteiger partial charge in [0.2, 0.25) is 0 Å².